The Hall–Kier alpha value is -2.46. The molecule has 0 aliphatic rings. The highest BCUT2D eigenvalue weighted by Crippen LogP contribution is 2.45. The molecule has 0 aliphatic heterocycles. The van der Waals surface area contributed by atoms with E-state index in [1.54, 1.807) is 0 Å². The molecule has 0 spiro atoms. The number of hydrogen-bond acceptors (Lipinski definition) is 15. The summed E-state index contributed by atoms with van der Waals surface area (Å²) in [6.07, 6.45) is 52.2. The SMILES string of the molecule is CCCCCC/C=C\C=C/CCCCCCCC(=O)O[C@H](COC(=O)CCCCCCCCC(C)CC)COP(=O)(O)OC[C@H](O)COP(=O)(O)OC[C@@H](COC(=O)CCCCCCCCC(C)CC)OC(=O)CCCCCCCCCCCCCCCCC(C)CC. The second-order valence-corrected chi connectivity index (χ2v) is 29.6. The predicted octanol–water partition coefficient (Wildman–Crippen LogP) is 21.0. The molecule has 93 heavy (non-hydrogen) atoms. The molecule has 0 bridgehead atoms. The molecular formula is C74H140O17P2. The lowest BCUT2D eigenvalue weighted by molar-refractivity contribution is -0.161. The van der Waals surface area contributed by atoms with Gasteiger partial charge in [0.15, 0.2) is 12.2 Å². The maximum atomic E-state index is 13.0. The Morgan fingerprint density at radius 1 is 0.344 bits per heavy atom. The number of aliphatic hydroxyl groups excluding tert-OH is 1. The van der Waals surface area contributed by atoms with E-state index in [1.807, 2.05) is 0 Å². The normalized spacial score (nSPS) is 15.2. The highest BCUT2D eigenvalue weighted by Gasteiger charge is 2.30. The Kier molecular flexibility index (Phi) is 62.5. The van der Waals surface area contributed by atoms with Crippen LogP contribution < -0.4 is 0 Å². The van der Waals surface area contributed by atoms with Gasteiger partial charge in [-0.05, 0) is 69.1 Å². The number of unbranched alkanes of at least 4 members (excludes halogenated alkanes) is 32. The van der Waals surface area contributed by atoms with Gasteiger partial charge in [0, 0.05) is 25.7 Å². The monoisotopic (exact) mass is 1360 g/mol. The van der Waals surface area contributed by atoms with Crippen LogP contribution >= 0.6 is 15.6 Å². The highest BCUT2D eigenvalue weighted by molar-refractivity contribution is 7.47. The molecule has 0 rings (SSSR count). The first kappa shape index (κ1) is 90.5. The first-order chi connectivity index (χ1) is 44.8. The van der Waals surface area contributed by atoms with Crippen molar-refractivity contribution >= 4 is 39.5 Å². The number of phosphoric acid groups is 2. The van der Waals surface area contributed by atoms with Gasteiger partial charge >= 0.3 is 39.5 Å². The van der Waals surface area contributed by atoms with Crippen molar-refractivity contribution in [3.63, 3.8) is 0 Å². The Morgan fingerprint density at radius 3 is 0.903 bits per heavy atom. The molecule has 3 N–H and O–H groups in total. The van der Waals surface area contributed by atoms with E-state index in [9.17, 15) is 43.2 Å². The summed E-state index contributed by atoms with van der Waals surface area (Å²) in [5, 5.41) is 10.6. The zero-order chi connectivity index (χ0) is 68.7. The average molecular weight is 1360 g/mol. The van der Waals surface area contributed by atoms with Crippen molar-refractivity contribution in [2.75, 3.05) is 39.6 Å². The predicted molar refractivity (Wildman–Crippen MR) is 377 cm³/mol. The summed E-state index contributed by atoms with van der Waals surface area (Å²) in [5.74, 6) is 0.147. The van der Waals surface area contributed by atoms with Crippen LogP contribution in [0.1, 0.15) is 350 Å². The molecule has 0 saturated heterocycles. The summed E-state index contributed by atoms with van der Waals surface area (Å²) >= 11 is 0. The van der Waals surface area contributed by atoms with Gasteiger partial charge in [0.05, 0.1) is 26.4 Å². The number of carbonyl (C=O) groups excluding carboxylic acids is 4. The number of allylic oxidation sites excluding steroid dienone is 4. The third-order valence-electron chi connectivity index (χ3n) is 17.6. The van der Waals surface area contributed by atoms with E-state index in [0.29, 0.717) is 25.7 Å². The summed E-state index contributed by atoms with van der Waals surface area (Å²) in [6.45, 7) is 11.8. The van der Waals surface area contributed by atoms with E-state index in [4.69, 9.17) is 37.0 Å². The molecule has 548 valence electrons. The van der Waals surface area contributed by atoms with Gasteiger partial charge in [-0.1, -0.05) is 297 Å². The van der Waals surface area contributed by atoms with Gasteiger partial charge in [-0.2, -0.15) is 0 Å². The molecule has 19 heteroatoms. The van der Waals surface area contributed by atoms with Crippen LogP contribution in [0.2, 0.25) is 0 Å². The van der Waals surface area contributed by atoms with E-state index in [2.05, 4.69) is 72.8 Å². The summed E-state index contributed by atoms with van der Waals surface area (Å²) in [5.41, 5.74) is 0. The van der Waals surface area contributed by atoms with E-state index in [-0.39, 0.29) is 25.7 Å². The second kappa shape index (κ2) is 64.2. The van der Waals surface area contributed by atoms with E-state index in [1.165, 1.54) is 135 Å². The van der Waals surface area contributed by atoms with E-state index < -0.39 is 97.5 Å². The van der Waals surface area contributed by atoms with Crippen LogP contribution in [-0.2, 0) is 65.4 Å². The molecule has 5 unspecified atom stereocenters. The van der Waals surface area contributed by atoms with Crippen molar-refractivity contribution < 1.29 is 80.2 Å². The summed E-state index contributed by atoms with van der Waals surface area (Å²) in [7, 11) is -9.92. The molecule has 0 aromatic carbocycles. The number of carbonyl (C=O) groups is 4. The Bertz CT molecular complexity index is 1920. The number of aliphatic hydroxyl groups is 1. The average Bonchev–Trinajstić information content (AvgIpc) is 3.25. The molecule has 17 nitrogen and oxygen atoms in total. The van der Waals surface area contributed by atoms with E-state index in [0.717, 1.165) is 133 Å². The van der Waals surface area contributed by atoms with Crippen LogP contribution in [0.15, 0.2) is 24.3 Å². The lowest BCUT2D eigenvalue weighted by Crippen LogP contribution is -2.30. The maximum absolute atomic E-state index is 13.0. The quantitative estimate of drug-likeness (QED) is 0.0169. The van der Waals surface area contributed by atoms with Gasteiger partial charge in [-0.3, -0.25) is 37.3 Å². The molecule has 0 amide bonds. The van der Waals surface area contributed by atoms with Crippen LogP contribution in [0.5, 0.6) is 0 Å². The van der Waals surface area contributed by atoms with Crippen LogP contribution in [0.25, 0.3) is 0 Å². The fraction of sp³-hybridized carbons (Fsp3) is 0.892. The van der Waals surface area contributed by atoms with Gasteiger partial charge < -0.3 is 33.8 Å². The number of ether oxygens (including phenoxy) is 4. The Labute approximate surface area is 567 Å². The van der Waals surface area contributed by atoms with Crippen LogP contribution in [-0.4, -0.2) is 96.7 Å². The van der Waals surface area contributed by atoms with Crippen LogP contribution in [0, 0.1) is 17.8 Å². The van der Waals surface area contributed by atoms with Crippen molar-refractivity contribution in [1.82, 2.24) is 0 Å². The van der Waals surface area contributed by atoms with Crippen molar-refractivity contribution in [1.29, 1.82) is 0 Å². The van der Waals surface area contributed by atoms with Crippen LogP contribution in [0.4, 0.5) is 0 Å². The Balaban J connectivity index is 5.26. The fourth-order valence-corrected chi connectivity index (χ4v) is 12.2. The van der Waals surface area contributed by atoms with Crippen molar-refractivity contribution in [2.45, 2.75) is 369 Å². The topological polar surface area (TPSA) is 237 Å². The molecule has 0 heterocycles. The summed E-state index contributed by atoms with van der Waals surface area (Å²) in [6, 6.07) is 0. The van der Waals surface area contributed by atoms with Crippen LogP contribution in [0.3, 0.4) is 0 Å². The highest BCUT2D eigenvalue weighted by atomic mass is 31.2. The first-order valence-corrected chi connectivity index (χ1v) is 40.8. The maximum Gasteiger partial charge on any atom is 0.472 e. The van der Waals surface area contributed by atoms with E-state index >= 15 is 0 Å². The molecule has 0 radical (unpaired) electrons. The van der Waals surface area contributed by atoms with Gasteiger partial charge in [-0.15, -0.1) is 0 Å². The molecule has 0 aromatic rings. The molecule has 8 atom stereocenters. The zero-order valence-corrected chi connectivity index (χ0v) is 62.0. The number of phosphoric ester groups is 2. The lowest BCUT2D eigenvalue weighted by atomic mass is 9.99. The van der Waals surface area contributed by atoms with Gasteiger partial charge in [0.25, 0.3) is 0 Å². The second-order valence-electron chi connectivity index (χ2n) is 26.7. The largest absolute Gasteiger partial charge is 0.472 e. The summed E-state index contributed by atoms with van der Waals surface area (Å²) in [4.78, 5) is 72.7. The molecular weight excluding hydrogens is 1220 g/mol. The minimum absolute atomic E-state index is 0.0837. The molecule has 0 fully saturated rings. The first-order valence-electron chi connectivity index (χ1n) is 37.8. The van der Waals surface area contributed by atoms with Crippen molar-refractivity contribution in [3.05, 3.63) is 24.3 Å². The zero-order valence-electron chi connectivity index (χ0n) is 60.2. The van der Waals surface area contributed by atoms with Crippen molar-refractivity contribution in [3.8, 4) is 0 Å². The summed E-state index contributed by atoms with van der Waals surface area (Å²) < 4.78 is 68.4. The minimum atomic E-state index is -4.96. The number of esters is 4. The fourth-order valence-electron chi connectivity index (χ4n) is 10.6. The lowest BCUT2D eigenvalue weighted by Gasteiger charge is -2.21. The van der Waals surface area contributed by atoms with Crippen molar-refractivity contribution in [2.24, 2.45) is 17.8 Å². The molecule has 0 aromatic heterocycles. The smallest absolute Gasteiger partial charge is 0.462 e. The molecule has 0 saturated carbocycles. The third-order valence-corrected chi connectivity index (χ3v) is 19.5. The molecule has 0 aliphatic carbocycles. The van der Waals surface area contributed by atoms with Gasteiger partial charge in [0.1, 0.15) is 19.3 Å². The Morgan fingerprint density at radius 2 is 0.602 bits per heavy atom. The number of rotatable bonds is 70. The van der Waals surface area contributed by atoms with Gasteiger partial charge in [0.2, 0.25) is 0 Å². The van der Waals surface area contributed by atoms with Gasteiger partial charge in [-0.25, -0.2) is 9.13 Å². The number of hydrogen-bond donors (Lipinski definition) is 3. The third kappa shape index (κ3) is 64.0. The standard InChI is InChI=1S/C74H140O17P2/c1-8-12-13-14-15-16-17-18-19-23-26-29-32-43-50-57-73(78)90-69(61-84-71(76)55-48-41-36-34-39-46-53-66(6)10-3)63-88-92(80,81)86-59-68(75)60-87-93(82,83)89-64-70(62-85-72(77)56-49-42-37-35-40-47-54-67(7)11-4)91-74(79)58-51-44-33-30-27-24-21-20-22-25-28-31-38-45-52-65(5)9-2/h16-19,65-70,75H,8-15,20-64H2,1-7H3,(H,80,81)(H,82,83)/b17-16-,19-18-/t65?,66?,67?,68-,69+,70+/m0/s1. The minimum Gasteiger partial charge on any atom is -0.462 e.